The summed E-state index contributed by atoms with van der Waals surface area (Å²) in [7, 11) is 1.83. The fourth-order valence-electron chi connectivity index (χ4n) is 2.51. The number of thiazole rings is 1. The Kier molecular flexibility index (Phi) is 4.20. The molecule has 2 aliphatic carbocycles. The summed E-state index contributed by atoms with van der Waals surface area (Å²) in [5.74, 6) is 0.717. The molecule has 0 spiro atoms. The molecule has 2 aliphatic rings. The van der Waals surface area contributed by atoms with E-state index in [-0.39, 0.29) is 6.10 Å². The number of aromatic nitrogens is 1. The first-order chi connectivity index (χ1) is 9.31. The van der Waals surface area contributed by atoms with Crippen molar-refractivity contribution in [2.75, 3.05) is 7.11 Å². The normalized spacial score (nSPS) is 20.7. The van der Waals surface area contributed by atoms with Crippen LogP contribution in [-0.4, -0.2) is 18.1 Å². The second kappa shape index (κ2) is 5.90. The van der Waals surface area contributed by atoms with Crippen molar-refractivity contribution in [3.63, 3.8) is 0 Å². The monoisotopic (exact) mass is 280 g/mol. The van der Waals surface area contributed by atoms with Gasteiger partial charge in [-0.3, -0.25) is 0 Å². The van der Waals surface area contributed by atoms with Crippen LogP contribution >= 0.6 is 11.3 Å². The first-order valence-corrected chi connectivity index (χ1v) is 8.38. The summed E-state index contributed by atoms with van der Waals surface area (Å²) in [6.45, 7) is 3.23. The van der Waals surface area contributed by atoms with E-state index in [9.17, 15) is 0 Å². The van der Waals surface area contributed by atoms with Gasteiger partial charge in [-0.1, -0.05) is 13.3 Å². The molecule has 0 aromatic carbocycles. The zero-order valence-corrected chi connectivity index (χ0v) is 12.8. The Hall–Kier alpha value is -0.450. The molecule has 3 nitrogen and oxygen atoms in total. The van der Waals surface area contributed by atoms with E-state index in [1.165, 1.54) is 47.7 Å². The van der Waals surface area contributed by atoms with Crippen molar-refractivity contribution < 1.29 is 4.74 Å². The largest absolute Gasteiger partial charge is 0.374 e. The molecule has 3 rings (SSSR count). The van der Waals surface area contributed by atoms with Gasteiger partial charge >= 0.3 is 0 Å². The summed E-state index contributed by atoms with van der Waals surface area (Å²) in [6.07, 6.45) is 7.80. The first-order valence-electron chi connectivity index (χ1n) is 7.56. The highest BCUT2D eigenvalue weighted by atomic mass is 32.1. The fraction of sp³-hybridized carbons (Fsp3) is 0.800. The minimum Gasteiger partial charge on any atom is -0.374 e. The molecule has 1 unspecified atom stereocenters. The number of hydrogen-bond donors (Lipinski definition) is 1. The van der Waals surface area contributed by atoms with Gasteiger partial charge in [0.05, 0.1) is 5.69 Å². The quantitative estimate of drug-likeness (QED) is 0.792. The van der Waals surface area contributed by atoms with Crippen molar-refractivity contribution in [3.05, 3.63) is 15.6 Å². The number of ether oxygens (including phenoxy) is 1. The smallest absolute Gasteiger partial charge is 0.122 e. The second-order valence-electron chi connectivity index (χ2n) is 5.82. The molecule has 0 saturated heterocycles. The second-order valence-corrected chi connectivity index (χ2v) is 6.94. The van der Waals surface area contributed by atoms with E-state index in [0.717, 1.165) is 24.9 Å². The Balaban J connectivity index is 1.73. The lowest BCUT2D eigenvalue weighted by atomic mass is 10.2. The van der Waals surface area contributed by atoms with Crippen LogP contribution in [-0.2, 0) is 17.7 Å². The third kappa shape index (κ3) is 3.36. The van der Waals surface area contributed by atoms with Gasteiger partial charge in [-0.05, 0) is 38.0 Å². The molecule has 1 atom stereocenters. The van der Waals surface area contributed by atoms with Gasteiger partial charge < -0.3 is 10.1 Å². The van der Waals surface area contributed by atoms with Gasteiger partial charge in [0.25, 0.3) is 0 Å². The third-order valence-electron chi connectivity index (χ3n) is 3.96. The lowest BCUT2D eigenvalue weighted by molar-refractivity contribution is 0.0842. The van der Waals surface area contributed by atoms with Crippen LogP contribution in [0.25, 0.3) is 0 Å². The van der Waals surface area contributed by atoms with Crippen molar-refractivity contribution in [2.24, 2.45) is 5.92 Å². The summed E-state index contributed by atoms with van der Waals surface area (Å²) in [5, 5.41) is 4.83. The maximum Gasteiger partial charge on any atom is 0.122 e. The number of rotatable bonds is 8. The van der Waals surface area contributed by atoms with Gasteiger partial charge in [0.2, 0.25) is 0 Å². The van der Waals surface area contributed by atoms with E-state index in [2.05, 4.69) is 12.2 Å². The van der Waals surface area contributed by atoms with Crippen LogP contribution in [0.2, 0.25) is 0 Å². The van der Waals surface area contributed by atoms with E-state index < -0.39 is 0 Å². The Morgan fingerprint density at radius 2 is 2.16 bits per heavy atom. The molecule has 2 fully saturated rings. The molecular weight excluding hydrogens is 256 g/mol. The fourth-order valence-corrected chi connectivity index (χ4v) is 3.75. The number of methoxy groups -OCH3 is 1. The summed E-state index contributed by atoms with van der Waals surface area (Å²) < 4.78 is 5.67. The van der Waals surface area contributed by atoms with Gasteiger partial charge in [0, 0.05) is 24.6 Å². The minimum absolute atomic E-state index is 0.246. The maximum absolute atomic E-state index is 5.67. The van der Waals surface area contributed by atoms with E-state index in [1.54, 1.807) is 0 Å². The van der Waals surface area contributed by atoms with Crippen molar-refractivity contribution in [1.82, 2.24) is 10.3 Å². The Morgan fingerprint density at radius 1 is 1.37 bits per heavy atom. The molecule has 1 heterocycles. The van der Waals surface area contributed by atoms with E-state index in [0.29, 0.717) is 0 Å². The Bertz CT molecular complexity index is 424. The predicted molar refractivity (Wildman–Crippen MR) is 78.4 cm³/mol. The van der Waals surface area contributed by atoms with Crippen molar-refractivity contribution >= 4 is 11.3 Å². The van der Waals surface area contributed by atoms with Gasteiger partial charge in [0.15, 0.2) is 0 Å². The number of nitrogens with zero attached hydrogens (tertiary/aromatic N) is 1. The van der Waals surface area contributed by atoms with Crippen molar-refractivity contribution in [2.45, 2.75) is 64.1 Å². The molecule has 19 heavy (non-hydrogen) atoms. The molecule has 1 aromatic heterocycles. The minimum atomic E-state index is 0.246. The van der Waals surface area contributed by atoms with Crippen molar-refractivity contribution in [1.29, 1.82) is 0 Å². The maximum atomic E-state index is 5.67. The molecule has 0 radical (unpaired) electrons. The van der Waals surface area contributed by atoms with Crippen LogP contribution in [0.15, 0.2) is 0 Å². The van der Waals surface area contributed by atoms with E-state index >= 15 is 0 Å². The van der Waals surface area contributed by atoms with Crippen LogP contribution < -0.4 is 5.32 Å². The summed E-state index contributed by atoms with van der Waals surface area (Å²) in [4.78, 5) is 6.32. The predicted octanol–water partition coefficient (Wildman–Crippen LogP) is 3.45. The molecule has 1 N–H and O–H groups in total. The topological polar surface area (TPSA) is 34.1 Å². The van der Waals surface area contributed by atoms with Crippen LogP contribution in [0.4, 0.5) is 0 Å². The summed E-state index contributed by atoms with van der Waals surface area (Å²) in [6, 6.07) is 0.765. The average molecular weight is 280 g/mol. The lowest BCUT2D eigenvalue weighted by Gasteiger charge is -2.10. The molecule has 0 aliphatic heterocycles. The van der Waals surface area contributed by atoms with Crippen LogP contribution in [0.5, 0.6) is 0 Å². The number of aryl methyl sites for hydroxylation is 1. The number of nitrogens with one attached hydrogen (secondary N) is 1. The van der Waals surface area contributed by atoms with Crippen molar-refractivity contribution in [3.8, 4) is 0 Å². The standard InChI is InChI=1S/C15H24N2OS/c1-3-4-12-13(9-16-11-7-8-11)19-15(17-12)14(18-2)10-5-6-10/h10-11,14,16H,3-9H2,1-2H3. The molecule has 2 saturated carbocycles. The summed E-state index contributed by atoms with van der Waals surface area (Å²) >= 11 is 1.87. The van der Waals surface area contributed by atoms with Gasteiger partial charge in [0.1, 0.15) is 11.1 Å². The molecular formula is C15H24N2OS. The SMILES string of the molecule is CCCc1nc(C(OC)C2CC2)sc1CNC1CC1. The zero-order chi connectivity index (χ0) is 13.2. The summed E-state index contributed by atoms with van der Waals surface area (Å²) in [5.41, 5.74) is 1.30. The highest BCUT2D eigenvalue weighted by Crippen LogP contribution is 2.44. The highest BCUT2D eigenvalue weighted by Gasteiger charge is 2.35. The first kappa shape index (κ1) is 13.5. The third-order valence-corrected chi connectivity index (χ3v) is 5.12. The van der Waals surface area contributed by atoms with Gasteiger partial charge in [-0.2, -0.15) is 0 Å². The molecule has 0 bridgehead atoms. The molecule has 1 aromatic rings. The van der Waals surface area contributed by atoms with Crippen LogP contribution in [0.3, 0.4) is 0 Å². The molecule has 106 valence electrons. The number of hydrogen-bond acceptors (Lipinski definition) is 4. The van der Waals surface area contributed by atoms with E-state index in [4.69, 9.17) is 9.72 Å². The lowest BCUT2D eigenvalue weighted by Crippen LogP contribution is -2.15. The van der Waals surface area contributed by atoms with Gasteiger partial charge in [-0.15, -0.1) is 11.3 Å². The van der Waals surface area contributed by atoms with Crippen LogP contribution in [0.1, 0.15) is 60.7 Å². The average Bonchev–Trinajstić information content (AvgIpc) is 3.29. The highest BCUT2D eigenvalue weighted by molar-refractivity contribution is 7.11. The molecule has 4 heteroatoms. The molecule has 0 amide bonds. The Morgan fingerprint density at radius 3 is 2.74 bits per heavy atom. The van der Waals surface area contributed by atoms with Crippen LogP contribution in [0, 0.1) is 5.92 Å². The van der Waals surface area contributed by atoms with E-state index in [1.807, 2.05) is 18.4 Å². The zero-order valence-electron chi connectivity index (χ0n) is 11.9. The Labute approximate surface area is 119 Å². The van der Waals surface area contributed by atoms with Gasteiger partial charge in [-0.25, -0.2) is 4.98 Å².